The average Bonchev–Trinajstić information content (AvgIpc) is 2.51. The van der Waals surface area contributed by atoms with Gasteiger partial charge in [-0.15, -0.1) is 0 Å². The molecule has 0 fully saturated rings. The molecule has 0 unspecified atom stereocenters. The number of hydrogen-bond acceptors (Lipinski definition) is 3. The summed E-state index contributed by atoms with van der Waals surface area (Å²) in [6.07, 6.45) is 2.93. The van der Waals surface area contributed by atoms with Crippen LogP contribution in [0.4, 0.5) is 0 Å². The van der Waals surface area contributed by atoms with E-state index in [0.29, 0.717) is 37.9 Å². The average molecular weight is 383 g/mol. The van der Waals surface area contributed by atoms with Gasteiger partial charge in [0.2, 0.25) is 11.8 Å². The van der Waals surface area contributed by atoms with Crippen molar-refractivity contribution in [2.24, 2.45) is 0 Å². The SMILES string of the molecule is CC(=O)NCCCCNC(=O)CCCC(=O)c1ccc(Br)cc1. The smallest absolute Gasteiger partial charge is 0.220 e. The van der Waals surface area contributed by atoms with Crippen molar-refractivity contribution in [3.63, 3.8) is 0 Å². The first kappa shape index (κ1) is 19.4. The van der Waals surface area contributed by atoms with Gasteiger partial charge in [0.25, 0.3) is 0 Å². The van der Waals surface area contributed by atoms with Gasteiger partial charge < -0.3 is 10.6 Å². The van der Waals surface area contributed by atoms with Gasteiger partial charge in [0, 0.05) is 42.9 Å². The van der Waals surface area contributed by atoms with Crippen LogP contribution in [0.2, 0.25) is 0 Å². The second kappa shape index (κ2) is 10.9. The highest BCUT2D eigenvalue weighted by Gasteiger charge is 2.07. The molecule has 1 aromatic rings. The lowest BCUT2D eigenvalue weighted by Crippen LogP contribution is -2.26. The molecule has 0 aromatic heterocycles. The van der Waals surface area contributed by atoms with Crippen molar-refractivity contribution < 1.29 is 14.4 Å². The molecule has 0 aliphatic heterocycles. The molecule has 0 radical (unpaired) electrons. The Morgan fingerprint density at radius 3 is 2.13 bits per heavy atom. The standard InChI is InChI=1S/C17H23BrN2O3/c1-13(21)19-11-2-3-12-20-17(23)6-4-5-16(22)14-7-9-15(18)10-8-14/h7-10H,2-6,11-12H2,1H3,(H,19,21)(H,20,23). The zero-order valence-electron chi connectivity index (χ0n) is 13.4. The van der Waals surface area contributed by atoms with Crippen molar-refractivity contribution >= 4 is 33.5 Å². The maximum Gasteiger partial charge on any atom is 0.220 e. The summed E-state index contributed by atoms with van der Waals surface area (Å²) in [5, 5.41) is 5.53. The molecule has 126 valence electrons. The zero-order chi connectivity index (χ0) is 17.1. The Kier molecular flexibility index (Phi) is 9.21. The van der Waals surface area contributed by atoms with Crippen LogP contribution >= 0.6 is 15.9 Å². The number of benzene rings is 1. The molecule has 0 aliphatic carbocycles. The summed E-state index contributed by atoms with van der Waals surface area (Å²) in [5.74, 6) is -0.0155. The van der Waals surface area contributed by atoms with Crippen molar-refractivity contribution in [1.29, 1.82) is 0 Å². The summed E-state index contributed by atoms with van der Waals surface area (Å²) >= 11 is 3.33. The van der Waals surface area contributed by atoms with Crippen molar-refractivity contribution in [1.82, 2.24) is 10.6 Å². The molecule has 0 heterocycles. The highest BCUT2D eigenvalue weighted by Crippen LogP contribution is 2.13. The van der Waals surface area contributed by atoms with Crippen LogP contribution < -0.4 is 10.6 Å². The number of amides is 2. The van der Waals surface area contributed by atoms with E-state index in [2.05, 4.69) is 26.6 Å². The van der Waals surface area contributed by atoms with E-state index in [4.69, 9.17) is 0 Å². The number of rotatable bonds is 10. The Labute approximate surface area is 145 Å². The van der Waals surface area contributed by atoms with E-state index < -0.39 is 0 Å². The van der Waals surface area contributed by atoms with E-state index in [9.17, 15) is 14.4 Å². The molecule has 0 spiro atoms. The number of hydrogen-bond donors (Lipinski definition) is 2. The molecule has 2 N–H and O–H groups in total. The minimum Gasteiger partial charge on any atom is -0.356 e. The topological polar surface area (TPSA) is 75.3 Å². The monoisotopic (exact) mass is 382 g/mol. The molecule has 0 aliphatic rings. The molecule has 0 atom stereocenters. The molecular formula is C17H23BrN2O3. The van der Waals surface area contributed by atoms with Gasteiger partial charge in [0.15, 0.2) is 5.78 Å². The Morgan fingerprint density at radius 1 is 0.913 bits per heavy atom. The first-order valence-corrected chi connectivity index (χ1v) is 8.58. The van der Waals surface area contributed by atoms with E-state index in [1.54, 1.807) is 12.1 Å². The number of Topliss-reactive ketones (excluding diaryl/α,β-unsaturated/α-hetero) is 1. The fraction of sp³-hybridized carbons (Fsp3) is 0.471. The van der Waals surface area contributed by atoms with E-state index in [-0.39, 0.29) is 17.6 Å². The van der Waals surface area contributed by atoms with Crippen molar-refractivity contribution in [3.8, 4) is 0 Å². The minimum atomic E-state index is -0.0375. The predicted molar refractivity (Wildman–Crippen MR) is 93.3 cm³/mol. The molecular weight excluding hydrogens is 360 g/mol. The number of carbonyl (C=O) groups excluding carboxylic acids is 3. The third kappa shape index (κ3) is 9.13. The summed E-state index contributed by atoms with van der Waals surface area (Å²) < 4.78 is 0.937. The van der Waals surface area contributed by atoms with E-state index in [1.807, 2.05) is 12.1 Å². The van der Waals surface area contributed by atoms with Crippen LogP contribution in [0, 0.1) is 0 Å². The third-order valence-corrected chi connectivity index (χ3v) is 3.80. The maximum atomic E-state index is 11.9. The molecule has 2 amide bonds. The quantitative estimate of drug-likeness (QED) is 0.482. The summed E-state index contributed by atoms with van der Waals surface area (Å²) in [6.45, 7) is 2.71. The van der Waals surface area contributed by atoms with E-state index in [0.717, 1.165) is 17.3 Å². The van der Waals surface area contributed by atoms with Crippen LogP contribution in [-0.2, 0) is 9.59 Å². The first-order chi connectivity index (χ1) is 11.0. The van der Waals surface area contributed by atoms with Gasteiger partial charge in [-0.25, -0.2) is 0 Å². The third-order valence-electron chi connectivity index (χ3n) is 3.27. The molecule has 0 saturated heterocycles. The maximum absolute atomic E-state index is 11.9. The number of ketones is 1. The van der Waals surface area contributed by atoms with Gasteiger partial charge in [-0.2, -0.15) is 0 Å². The highest BCUT2D eigenvalue weighted by molar-refractivity contribution is 9.10. The van der Waals surface area contributed by atoms with Gasteiger partial charge in [0.05, 0.1) is 0 Å². The molecule has 5 nitrogen and oxygen atoms in total. The van der Waals surface area contributed by atoms with Gasteiger partial charge in [-0.05, 0) is 31.4 Å². The van der Waals surface area contributed by atoms with Crippen molar-refractivity contribution in [2.75, 3.05) is 13.1 Å². The minimum absolute atomic E-state index is 0.0341. The number of carbonyl (C=O) groups is 3. The predicted octanol–water partition coefficient (Wildman–Crippen LogP) is 2.83. The van der Waals surface area contributed by atoms with Crippen molar-refractivity contribution in [2.45, 2.75) is 39.0 Å². The van der Waals surface area contributed by atoms with E-state index >= 15 is 0 Å². The van der Waals surface area contributed by atoms with Crippen LogP contribution in [0.5, 0.6) is 0 Å². The molecule has 6 heteroatoms. The van der Waals surface area contributed by atoms with Crippen molar-refractivity contribution in [3.05, 3.63) is 34.3 Å². The second-order valence-corrected chi connectivity index (χ2v) is 6.24. The summed E-state index contributed by atoms with van der Waals surface area (Å²) in [4.78, 5) is 34.3. The Hall–Kier alpha value is -1.69. The lowest BCUT2D eigenvalue weighted by Gasteiger charge is -2.06. The molecule has 1 rings (SSSR count). The molecule has 1 aromatic carbocycles. The normalized spacial score (nSPS) is 10.2. The number of halogens is 1. The van der Waals surface area contributed by atoms with Gasteiger partial charge in [-0.3, -0.25) is 14.4 Å². The zero-order valence-corrected chi connectivity index (χ0v) is 14.9. The van der Waals surface area contributed by atoms with Crippen LogP contribution in [0.25, 0.3) is 0 Å². The highest BCUT2D eigenvalue weighted by atomic mass is 79.9. The fourth-order valence-electron chi connectivity index (χ4n) is 2.02. The van der Waals surface area contributed by atoms with Gasteiger partial charge >= 0.3 is 0 Å². The Morgan fingerprint density at radius 2 is 1.52 bits per heavy atom. The van der Waals surface area contributed by atoms with Gasteiger partial charge in [-0.1, -0.05) is 28.1 Å². The summed E-state index contributed by atoms with van der Waals surface area (Å²) in [5.41, 5.74) is 0.673. The molecule has 0 saturated carbocycles. The van der Waals surface area contributed by atoms with Gasteiger partial charge in [0.1, 0.15) is 0 Å². The van der Waals surface area contributed by atoms with Crippen LogP contribution in [0.3, 0.4) is 0 Å². The second-order valence-electron chi connectivity index (χ2n) is 5.32. The Bertz CT molecular complexity index is 529. The lowest BCUT2D eigenvalue weighted by atomic mass is 10.1. The Balaban J connectivity index is 2.08. The first-order valence-electron chi connectivity index (χ1n) is 7.79. The van der Waals surface area contributed by atoms with Crippen LogP contribution in [-0.4, -0.2) is 30.7 Å². The molecule has 23 heavy (non-hydrogen) atoms. The van der Waals surface area contributed by atoms with Crippen LogP contribution in [0.1, 0.15) is 49.4 Å². The largest absolute Gasteiger partial charge is 0.356 e. The summed E-state index contributed by atoms with van der Waals surface area (Å²) in [6, 6.07) is 7.23. The van der Waals surface area contributed by atoms with E-state index in [1.165, 1.54) is 6.92 Å². The lowest BCUT2D eigenvalue weighted by molar-refractivity contribution is -0.121. The number of nitrogens with one attached hydrogen (secondary N) is 2. The molecule has 0 bridgehead atoms. The number of unbranched alkanes of at least 4 members (excludes halogenated alkanes) is 1. The van der Waals surface area contributed by atoms with Crippen LogP contribution in [0.15, 0.2) is 28.7 Å². The summed E-state index contributed by atoms with van der Waals surface area (Å²) in [7, 11) is 0. The fourth-order valence-corrected chi connectivity index (χ4v) is 2.28.